The minimum absolute atomic E-state index is 0.0592. The highest BCUT2D eigenvalue weighted by atomic mass is 19.4. The Bertz CT molecular complexity index is 764. The van der Waals surface area contributed by atoms with Gasteiger partial charge >= 0.3 is 12.1 Å². The van der Waals surface area contributed by atoms with E-state index >= 15 is 0 Å². The first kappa shape index (κ1) is 20.4. The molecule has 0 N–H and O–H groups in total. The maximum atomic E-state index is 13.3. The molecule has 2 aromatic carbocycles. The Balaban J connectivity index is 1.70. The van der Waals surface area contributed by atoms with Crippen LogP contribution < -0.4 is 4.90 Å². The summed E-state index contributed by atoms with van der Waals surface area (Å²) in [5, 5.41) is 0. The maximum absolute atomic E-state index is 13.3. The minimum atomic E-state index is -4.89. The summed E-state index contributed by atoms with van der Waals surface area (Å²) in [5.74, 6) is -1.84. The smallest absolute Gasteiger partial charge is 0.303 e. The second-order valence-electron chi connectivity index (χ2n) is 7.38. The first-order valence-corrected chi connectivity index (χ1v) is 9.58. The van der Waals surface area contributed by atoms with Gasteiger partial charge in [-0.25, -0.2) is 0 Å². The van der Waals surface area contributed by atoms with Gasteiger partial charge < -0.3 is 9.80 Å². The van der Waals surface area contributed by atoms with E-state index in [1.807, 2.05) is 25.1 Å². The lowest BCUT2D eigenvalue weighted by atomic mass is 9.91. The van der Waals surface area contributed by atoms with Gasteiger partial charge in [-0.1, -0.05) is 55.5 Å². The van der Waals surface area contributed by atoms with Crippen molar-refractivity contribution >= 4 is 11.6 Å². The quantitative estimate of drug-likeness (QED) is 0.749. The van der Waals surface area contributed by atoms with E-state index in [0.29, 0.717) is 25.2 Å². The third-order valence-corrected chi connectivity index (χ3v) is 5.33. The molecular formula is C22H25F3N2O. The van der Waals surface area contributed by atoms with Gasteiger partial charge in [0.1, 0.15) is 0 Å². The van der Waals surface area contributed by atoms with Crippen molar-refractivity contribution in [3.05, 3.63) is 66.2 Å². The number of rotatable bonds is 5. The first-order chi connectivity index (χ1) is 13.4. The predicted octanol–water partition coefficient (Wildman–Crippen LogP) is 4.54. The zero-order valence-electron chi connectivity index (χ0n) is 15.9. The summed E-state index contributed by atoms with van der Waals surface area (Å²) in [6, 6.07) is 17.9. The van der Waals surface area contributed by atoms with Crippen LogP contribution in [0.3, 0.4) is 0 Å². The van der Waals surface area contributed by atoms with Crippen LogP contribution in [0.25, 0.3) is 0 Å². The highest BCUT2D eigenvalue weighted by Crippen LogP contribution is 2.31. The molecule has 0 spiro atoms. The molecule has 6 heteroatoms. The van der Waals surface area contributed by atoms with Gasteiger partial charge in [-0.05, 0) is 36.5 Å². The molecule has 3 rings (SSSR count). The summed E-state index contributed by atoms with van der Waals surface area (Å²) in [6.45, 7) is 4.14. The minimum Gasteiger partial charge on any atom is -0.303 e. The van der Waals surface area contributed by atoms with Crippen molar-refractivity contribution in [1.82, 2.24) is 4.90 Å². The van der Waals surface area contributed by atoms with Gasteiger partial charge in [-0.2, -0.15) is 13.2 Å². The Morgan fingerprint density at radius 2 is 1.68 bits per heavy atom. The summed E-state index contributed by atoms with van der Waals surface area (Å²) >= 11 is 0. The molecule has 150 valence electrons. The molecule has 1 heterocycles. The lowest BCUT2D eigenvalue weighted by molar-refractivity contribution is -0.171. The topological polar surface area (TPSA) is 23.6 Å². The molecule has 0 aliphatic carbocycles. The number of piperidine rings is 1. The molecule has 2 atom stereocenters. The number of benzene rings is 2. The molecule has 1 fully saturated rings. The molecule has 0 aromatic heterocycles. The van der Waals surface area contributed by atoms with Crippen LogP contribution in [-0.2, 0) is 11.2 Å². The molecule has 0 radical (unpaired) electrons. The normalized spacial score (nSPS) is 20.7. The van der Waals surface area contributed by atoms with Crippen LogP contribution in [-0.4, -0.2) is 42.7 Å². The molecule has 28 heavy (non-hydrogen) atoms. The molecule has 1 amide bonds. The van der Waals surface area contributed by atoms with Crippen molar-refractivity contribution in [2.45, 2.75) is 32.0 Å². The van der Waals surface area contributed by atoms with Crippen molar-refractivity contribution in [1.29, 1.82) is 0 Å². The van der Waals surface area contributed by atoms with Crippen LogP contribution in [0, 0.1) is 5.92 Å². The Kier molecular flexibility index (Phi) is 6.39. The van der Waals surface area contributed by atoms with E-state index < -0.39 is 18.1 Å². The third-order valence-electron chi connectivity index (χ3n) is 5.33. The second kappa shape index (κ2) is 8.78. The molecule has 0 unspecified atom stereocenters. The fourth-order valence-corrected chi connectivity index (χ4v) is 3.92. The number of nitrogens with zero attached hydrogens (tertiary/aromatic N) is 2. The van der Waals surface area contributed by atoms with E-state index in [-0.39, 0.29) is 5.92 Å². The van der Waals surface area contributed by atoms with Crippen LogP contribution in [0.1, 0.15) is 18.9 Å². The molecule has 0 bridgehead atoms. The Labute approximate surface area is 163 Å². The number of anilines is 1. The van der Waals surface area contributed by atoms with Gasteiger partial charge in [-0.3, -0.25) is 4.79 Å². The number of likely N-dealkylation sites (tertiary alicyclic amines) is 1. The van der Waals surface area contributed by atoms with Crippen molar-refractivity contribution < 1.29 is 18.0 Å². The van der Waals surface area contributed by atoms with Crippen molar-refractivity contribution in [2.75, 3.05) is 24.5 Å². The zero-order chi connectivity index (χ0) is 20.1. The number of carbonyl (C=O) groups excluding carboxylic acids is 1. The summed E-state index contributed by atoms with van der Waals surface area (Å²) in [6.07, 6.45) is -3.46. The molecule has 1 aliphatic heterocycles. The maximum Gasteiger partial charge on any atom is 0.471 e. The molecule has 2 aromatic rings. The molecule has 0 saturated carbocycles. The number of hydrogen-bond acceptors (Lipinski definition) is 2. The average Bonchev–Trinajstić information content (AvgIpc) is 2.69. The number of alkyl halides is 3. The van der Waals surface area contributed by atoms with E-state index in [4.69, 9.17) is 0 Å². The lowest BCUT2D eigenvalue weighted by Crippen LogP contribution is -2.55. The number of hydrogen-bond donors (Lipinski definition) is 0. The van der Waals surface area contributed by atoms with E-state index in [2.05, 4.69) is 17.0 Å². The Hall–Kier alpha value is -2.34. The van der Waals surface area contributed by atoms with Gasteiger partial charge in [0.15, 0.2) is 0 Å². The summed E-state index contributed by atoms with van der Waals surface area (Å²) in [4.78, 5) is 15.4. The predicted molar refractivity (Wildman–Crippen MR) is 104 cm³/mol. The number of amides is 1. The van der Waals surface area contributed by atoms with Crippen LogP contribution in [0.4, 0.5) is 18.9 Å². The van der Waals surface area contributed by atoms with Crippen LogP contribution >= 0.6 is 0 Å². The summed E-state index contributed by atoms with van der Waals surface area (Å²) < 4.78 is 39.8. The van der Waals surface area contributed by atoms with E-state index in [0.717, 1.165) is 17.9 Å². The highest BCUT2D eigenvalue weighted by molar-refractivity contribution is 5.97. The van der Waals surface area contributed by atoms with E-state index in [9.17, 15) is 18.0 Å². The summed E-state index contributed by atoms with van der Waals surface area (Å²) in [5.41, 5.74) is 1.55. The van der Waals surface area contributed by atoms with Gasteiger partial charge in [0.25, 0.3) is 0 Å². The fraction of sp³-hybridized carbons (Fsp3) is 0.409. The molecular weight excluding hydrogens is 365 g/mol. The van der Waals surface area contributed by atoms with Gasteiger partial charge in [-0.15, -0.1) is 0 Å². The zero-order valence-corrected chi connectivity index (χ0v) is 15.9. The van der Waals surface area contributed by atoms with Crippen molar-refractivity contribution in [3.8, 4) is 0 Å². The Morgan fingerprint density at radius 3 is 2.25 bits per heavy atom. The average molecular weight is 390 g/mol. The SMILES string of the molecule is C[C@H]1CN(CCc2ccccc2)CC[C@@H]1N(C(=O)C(F)(F)F)c1ccccc1. The van der Waals surface area contributed by atoms with Gasteiger partial charge in [0.2, 0.25) is 0 Å². The molecule has 1 aliphatic rings. The van der Waals surface area contributed by atoms with Crippen molar-refractivity contribution in [3.63, 3.8) is 0 Å². The first-order valence-electron chi connectivity index (χ1n) is 9.58. The standard InChI is InChI=1S/C22H25F3N2O/c1-17-16-26(14-12-18-8-4-2-5-9-18)15-13-20(17)27(21(28)22(23,24)25)19-10-6-3-7-11-19/h2-11,17,20H,12-16H2,1H3/t17-,20-/m0/s1. The van der Waals surface area contributed by atoms with E-state index in [1.54, 1.807) is 30.3 Å². The van der Waals surface area contributed by atoms with E-state index in [1.165, 1.54) is 5.56 Å². The monoisotopic (exact) mass is 390 g/mol. The van der Waals surface area contributed by atoms with Gasteiger partial charge in [0, 0.05) is 31.4 Å². The fourth-order valence-electron chi connectivity index (χ4n) is 3.92. The van der Waals surface area contributed by atoms with Gasteiger partial charge in [0.05, 0.1) is 0 Å². The van der Waals surface area contributed by atoms with Crippen molar-refractivity contribution in [2.24, 2.45) is 5.92 Å². The molecule has 1 saturated heterocycles. The largest absolute Gasteiger partial charge is 0.471 e. The molecule has 3 nitrogen and oxygen atoms in total. The lowest BCUT2D eigenvalue weighted by Gasteiger charge is -2.43. The third kappa shape index (κ3) is 4.93. The number of para-hydroxylation sites is 1. The Morgan fingerprint density at radius 1 is 1.07 bits per heavy atom. The second-order valence-corrected chi connectivity index (χ2v) is 7.38. The number of halogens is 3. The summed E-state index contributed by atoms with van der Waals surface area (Å²) in [7, 11) is 0. The number of carbonyl (C=O) groups is 1. The van der Waals surface area contributed by atoms with Crippen LogP contribution in [0.5, 0.6) is 0 Å². The van der Waals surface area contributed by atoms with Crippen LogP contribution in [0.15, 0.2) is 60.7 Å². The van der Waals surface area contributed by atoms with Crippen LogP contribution in [0.2, 0.25) is 0 Å². The highest BCUT2D eigenvalue weighted by Gasteiger charge is 2.47.